The van der Waals surface area contributed by atoms with Gasteiger partial charge in [0.05, 0.1) is 12.5 Å². The molecule has 0 bridgehead atoms. The number of aromatic nitrogens is 1. The molecule has 0 aliphatic rings. The van der Waals surface area contributed by atoms with Gasteiger partial charge in [0.1, 0.15) is 0 Å². The number of nitrogens with two attached hydrogens (primary N) is 1. The molecule has 58 valence electrons. The van der Waals surface area contributed by atoms with Crippen LogP contribution in [0.2, 0.25) is 0 Å². The lowest BCUT2D eigenvalue weighted by Gasteiger charge is -2.01. The first-order valence-electron chi connectivity index (χ1n) is 3.24. The smallest absolute Gasteiger partial charge is 0.188 e. The normalized spacial score (nSPS) is 12.4. The monoisotopic (exact) mass is 151 g/mol. The zero-order valence-electron chi connectivity index (χ0n) is 5.91. The lowest BCUT2D eigenvalue weighted by molar-refractivity contribution is 0.457. The summed E-state index contributed by atoms with van der Waals surface area (Å²) in [7, 11) is 0. The van der Waals surface area contributed by atoms with Crippen LogP contribution in [-0.2, 0) is 0 Å². The molecule has 0 aromatic carbocycles. The van der Waals surface area contributed by atoms with Crippen LogP contribution in [0.4, 0.5) is 0 Å². The Bertz CT molecular complexity index is 273. The van der Waals surface area contributed by atoms with Gasteiger partial charge in [-0.25, -0.2) is 0 Å². The largest absolute Gasteiger partial charge is 0.495 e. The molecule has 0 radical (unpaired) electrons. The second kappa shape index (κ2) is 3.08. The molecule has 0 aliphatic heterocycles. The summed E-state index contributed by atoms with van der Waals surface area (Å²) >= 11 is 0. The Morgan fingerprint density at radius 2 is 2.55 bits per heavy atom. The van der Waals surface area contributed by atoms with Gasteiger partial charge in [-0.2, -0.15) is 5.26 Å². The minimum atomic E-state index is -0.308. The van der Waals surface area contributed by atoms with Crippen molar-refractivity contribution in [3.63, 3.8) is 0 Å². The van der Waals surface area contributed by atoms with Gasteiger partial charge in [-0.3, -0.25) is 0 Å². The summed E-state index contributed by atoms with van der Waals surface area (Å²) in [4.78, 5) is 2.57. The molecule has 1 aromatic rings. The lowest BCUT2D eigenvalue weighted by atomic mass is 10.1. The van der Waals surface area contributed by atoms with Crippen LogP contribution in [0.25, 0.3) is 0 Å². The van der Waals surface area contributed by atoms with E-state index in [4.69, 9.17) is 16.1 Å². The van der Waals surface area contributed by atoms with Crippen LogP contribution in [0.1, 0.15) is 18.0 Å². The topological polar surface area (TPSA) is 85.8 Å². The van der Waals surface area contributed by atoms with E-state index >= 15 is 0 Å². The highest BCUT2D eigenvalue weighted by molar-refractivity contribution is 5.23. The Kier molecular flexibility index (Phi) is 2.14. The fraction of sp³-hybridized carbons (Fsp3) is 0.286. The number of aromatic amines is 1. The average molecular weight is 151 g/mol. The third-order valence-corrected chi connectivity index (χ3v) is 1.43. The Balaban J connectivity index is 2.70. The van der Waals surface area contributed by atoms with Crippen molar-refractivity contribution in [2.24, 2.45) is 5.73 Å². The number of hydrogen-bond acceptors (Lipinski definition) is 3. The molecular weight excluding hydrogens is 142 g/mol. The molecule has 1 rings (SSSR count). The van der Waals surface area contributed by atoms with Gasteiger partial charge in [0, 0.05) is 18.3 Å². The zero-order valence-corrected chi connectivity index (χ0v) is 5.91. The molecule has 0 amide bonds. The first-order valence-corrected chi connectivity index (χ1v) is 3.24. The van der Waals surface area contributed by atoms with Gasteiger partial charge in [-0.1, -0.05) is 0 Å². The molecule has 11 heavy (non-hydrogen) atoms. The number of nitrogens with zero attached hydrogens (tertiary/aromatic N) is 1. The van der Waals surface area contributed by atoms with E-state index in [0.717, 1.165) is 5.56 Å². The zero-order chi connectivity index (χ0) is 8.27. The molecule has 0 aliphatic carbocycles. The number of nitriles is 1. The highest BCUT2D eigenvalue weighted by Crippen LogP contribution is 2.17. The molecule has 0 unspecified atom stereocenters. The Morgan fingerprint density at radius 1 is 1.82 bits per heavy atom. The van der Waals surface area contributed by atoms with Gasteiger partial charge in [0.2, 0.25) is 0 Å². The molecule has 0 saturated heterocycles. The third kappa shape index (κ3) is 1.72. The van der Waals surface area contributed by atoms with Crippen LogP contribution < -0.4 is 5.73 Å². The summed E-state index contributed by atoms with van der Waals surface area (Å²) in [6.45, 7) is 0. The van der Waals surface area contributed by atoms with Crippen LogP contribution >= 0.6 is 0 Å². The molecule has 4 N–H and O–H groups in total. The standard InChI is InChI=1S/C7H9N3O/c8-2-1-6(9)5-3-7(11)10-4-5/h3-4,6,10-11H,1,9H2/t6-/m0/s1. The Labute approximate surface area is 64.3 Å². The number of rotatable bonds is 2. The van der Waals surface area contributed by atoms with Crippen molar-refractivity contribution in [1.29, 1.82) is 5.26 Å². The fourth-order valence-electron chi connectivity index (χ4n) is 0.829. The van der Waals surface area contributed by atoms with E-state index in [2.05, 4.69) is 4.98 Å². The van der Waals surface area contributed by atoms with E-state index in [1.807, 2.05) is 6.07 Å². The SMILES string of the molecule is N#CC[C@H](N)c1c[nH]c(O)c1. The lowest BCUT2D eigenvalue weighted by Crippen LogP contribution is -2.07. The summed E-state index contributed by atoms with van der Waals surface area (Å²) in [5, 5.41) is 17.2. The molecule has 0 fully saturated rings. The van der Waals surface area contributed by atoms with Gasteiger partial charge in [0.15, 0.2) is 5.88 Å². The fourth-order valence-corrected chi connectivity index (χ4v) is 0.829. The molecule has 0 spiro atoms. The molecule has 1 heterocycles. The van der Waals surface area contributed by atoms with E-state index in [9.17, 15) is 0 Å². The van der Waals surface area contributed by atoms with Crippen molar-refractivity contribution in [2.45, 2.75) is 12.5 Å². The van der Waals surface area contributed by atoms with E-state index in [1.54, 1.807) is 6.20 Å². The predicted molar refractivity (Wildman–Crippen MR) is 39.6 cm³/mol. The van der Waals surface area contributed by atoms with Crippen molar-refractivity contribution in [2.75, 3.05) is 0 Å². The van der Waals surface area contributed by atoms with Gasteiger partial charge in [-0.05, 0) is 5.56 Å². The molecule has 0 saturated carbocycles. The summed E-state index contributed by atoms with van der Waals surface area (Å²) in [5.41, 5.74) is 6.32. The second-order valence-electron chi connectivity index (χ2n) is 2.29. The highest BCUT2D eigenvalue weighted by atomic mass is 16.3. The summed E-state index contributed by atoms with van der Waals surface area (Å²) in [6, 6.07) is 3.16. The van der Waals surface area contributed by atoms with E-state index in [-0.39, 0.29) is 18.3 Å². The number of aromatic hydroxyl groups is 1. The predicted octanol–water partition coefficient (Wildman–Crippen LogP) is 0.634. The van der Waals surface area contributed by atoms with Gasteiger partial charge in [0.25, 0.3) is 0 Å². The van der Waals surface area contributed by atoms with Crippen LogP contribution in [-0.4, -0.2) is 10.1 Å². The first-order chi connectivity index (χ1) is 5.24. The Hall–Kier alpha value is -1.47. The first kappa shape index (κ1) is 7.63. The summed E-state index contributed by atoms with van der Waals surface area (Å²) in [5.74, 6) is 0.0772. The second-order valence-corrected chi connectivity index (χ2v) is 2.29. The number of H-pyrrole nitrogens is 1. The van der Waals surface area contributed by atoms with Crippen molar-refractivity contribution in [3.05, 3.63) is 17.8 Å². The van der Waals surface area contributed by atoms with Gasteiger partial charge < -0.3 is 15.8 Å². The average Bonchev–Trinajstić information content (AvgIpc) is 2.36. The van der Waals surface area contributed by atoms with Crippen LogP contribution in [0.5, 0.6) is 5.88 Å². The van der Waals surface area contributed by atoms with Crippen LogP contribution in [0.3, 0.4) is 0 Å². The van der Waals surface area contributed by atoms with Crippen LogP contribution in [0.15, 0.2) is 12.3 Å². The van der Waals surface area contributed by atoms with E-state index in [1.165, 1.54) is 6.07 Å². The highest BCUT2D eigenvalue weighted by Gasteiger charge is 2.06. The quantitative estimate of drug-likeness (QED) is 0.579. The van der Waals surface area contributed by atoms with Crippen molar-refractivity contribution < 1.29 is 5.11 Å². The molecule has 4 nitrogen and oxygen atoms in total. The van der Waals surface area contributed by atoms with Gasteiger partial charge >= 0.3 is 0 Å². The number of nitrogens with one attached hydrogen (secondary N) is 1. The number of hydrogen-bond donors (Lipinski definition) is 3. The minimum absolute atomic E-state index is 0.0772. The third-order valence-electron chi connectivity index (χ3n) is 1.43. The minimum Gasteiger partial charge on any atom is -0.495 e. The Morgan fingerprint density at radius 3 is 3.00 bits per heavy atom. The van der Waals surface area contributed by atoms with Crippen molar-refractivity contribution in [1.82, 2.24) is 4.98 Å². The maximum atomic E-state index is 8.88. The van der Waals surface area contributed by atoms with E-state index < -0.39 is 0 Å². The van der Waals surface area contributed by atoms with Crippen molar-refractivity contribution in [3.8, 4) is 11.9 Å². The summed E-state index contributed by atoms with van der Waals surface area (Å²) in [6.07, 6.45) is 1.86. The van der Waals surface area contributed by atoms with Crippen molar-refractivity contribution >= 4 is 0 Å². The van der Waals surface area contributed by atoms with Gasteiger partial charge in [-0.15, -0.1) is 0 Å². The molecular formula is C7H9N3O. The molecule has 1 atom stereocenters. The summed E-state index contributed by atoms with van der Waals surface area (Å²) < 4.78 is 0. The molecule has 4 heteroatoms. The maximum Gasteiger partial charge on any atom is 0.188 e. The maximum absolute atomic E-state index is 8.88. The van der Waals surface area contributed by atoms with Crippen LogP contribution in [0, 0.1) is 11.3 Å². The molecule has 1 aromatic heterocycles. The van der Waals surface area contributed by atoms with E-state index in [0.29, 0.717) is 0 Å².